The van der Waals surface area contributed by atoms with Crippen molar-refractivity contribution in [2.45, 2.75) is 76.0 Å². The zero-order chi connectivity index (χ0) is 49.7. The number of hydrogen-bond acceptors (Lipinski definition) is 1. The molecule has 3 aliphatic rings. The number of hydrogen-bond donors (Lipinski definition) is 0. The topological polar surface area (TPSA) is 3.24 Å². The van der Waals surface area contributed by atoms with E-state index in [4.69, 9.17) is 0 Å². The van der Waals surface area contributed by atoms with Gasteiger partial charge in [0, 0.05) is 22.4 Å². The van der Waals surface area contributed by atoms with Crippen LogP contribution in [0.3, 0.4) is 0 Å². The van der Waals surface area contributed by atoms with E-state index in [2.05, 4.69) is 283 Å². The number of fused-ring (bicyclic) bond motifs is 7. The third-order valence-electron chi connectivity index (χ3n) is 17.2. The van der Waals surface area contributed by atoms with Gasteiger partial charge in [0.2, 0.25) is 0 Å². The quantitative estimate of drug-likeness (QED) is 0.147. The van der Waals surface area contributed by atoms with Crippen LogP contribution in [-0.4, -0.2) is 0 Å². The van der Waals surface area contributed by atoms with Crippen LogP contribution in [0.15, 0.2) is 237 Å². The summed E-state index contributed by atoms with van der Waals surface area (Å²) in [6, 6.07) is 89.4. The molecular formula is C72H61N. The summed E-state index contributed by atoms with van der Waals surface area (Å²) in [6.45, 7) is 14.7. The Morgan fingerprint density at radius 1 is 0.301 bits per heavy atom. The minimum Gasteiger partial charge on any atom is -0.310 e. The highest BCUT2D eigenvalue weighted by Crippen LogP contribution is 2.61. The first-order chi connectivity index (χ1) is 35.4. The predicted molar refractivity (Wildman–Crippen MR) is 308 cm³/mol. The molecule has 0 heterocycles. The van der Waals surface area contributed by atoms with Crippen molar-refractivity contribution in [3.63, 3.8) is 0 Å². The number of rotatable bonds is 8. The van der Waals surface area contributed by atoms with Gasteiger partial charge in [-0.05, 0) is 155 Å². The summed E-state index contributed by atoms with van der Waals surface area (Å²) in [7, 11) is 0. The Morgan fingerprint density at radius 3 is 1.40 bits per heavy atom. The van der Waals surface area contributed by atoms with Crippen LogP contribution >= 0.6 is 0 Å². The smallest absolute Gasteiger partial charge is 0.0714 e. The molecule has 0 saturated carbocycles. The van der Waals surface area contributed by atoms with E-state index in [1.54, 1.807) is 0 Å². The zero-order valence-corrected chi connectivity index (χ0v) is 42.9. The van der Waals surface area contributed by atoms with Crippen LogP contribution in [0.4, 0.5) is 17.1 Å². The molecule has 0 fully saturated rings. The van der Waals surface area contributed by atoms with E-state index in [1.807, 2.05) is 0 Å². The standard InChI is InChI=1S/C72H61N/c1-69(2)43-44-70(3,4)68-59(29-20-32-64(68)69)61-46-60-57-28-17-19-31-63(57)72(52-23-12-8-13-24-52,53-25-14-9-15-26-53)66(60)47-67(61)73(55-41-42-58-56-27-16-18-30-62(56)71(5,6)65(58)45-55)54-39-37-51(38-40-54)50-35-33-49(34-36-50)48-21-10-7-11-22-48/h7-42,45-47H,43-44H2,1-6H3. The average molecular weight is 940 g/mol. The normalized spacial score (nSPS) is 15.9. The van der Waals surface area contributed by atoms with Crippen molar-refractivity contribution in [1.29, 1.82) is 0 Å². The van der Waals surface area contributed by atoms with Crippen LogP contribution in [0.5, 0.6) is 0 Å². The van der Waals surface area contributed by atoms with Gasteiger partial charge in [-0.3, -0.25) is 0 Å². The van der Waals surface area contributed by atoms with Gasteiger partial charge in [-0.1, -0.05) is 242 Å². The van der Waals surface area contributed by atoms with Crippen LogP contribution in [0.2, 0.25) is 0 Å². The second-order valence-electron chi connectivity index (χ2n) is 22.7. The Balaban J connectivity index is 1.11. The molecule has 10 aromatic carbocycles. The van der Waals surface area contributed by atoms with E-state index >= 15 is 0 Å². The maximum Gasteiger partial charge on any atom is 0.0714 e. The maximum absolute atomic E-state index is 2.61. The van der Waals surface area contributed by atoms with Crippen molar-refractivity contribution in [2.24, 2.45) is 0 Å². The maximum atomic E-state index is 2.61. The molecule has 3 aliphatic carbocycles. The third-order valence-corrected chi connectivity index (χ3v) is 17.2. The molecular weight excluding hydrogens is 879 g/mol. The van der Waals surface area contributed by atoms with E-state index in [9.17, 15) is 0 Å². The average Bonchev–Trinajstić information content (AvgIpc) is 3.86. The van der Waals surface area contributed by atoms with Gasteiger partial charge < -0.3 is 4.90 Å². The minimum absolute atomic E-state index is 0.0372. The predicted octanol–water partition coefficient (Wildman–Crippen LogP) is 19.2. The molecule has 0 atom stereocenters. The molecule has 0 aromatic heterocycles. The summed E-state index contributed by atoms with van der Waals surface area (Å²) in [5.41, 5.74) is 26.1. The molecule has 0 unspecified atom stereocenters. The molecule has 0 radical (unpaired) electrons. The first-order valence-corrected chi connectivity index (χ1v) is 26.3. The summed E-state index contributed by atoms with van der Waals surface area (Å²) >= 11 is 0. The van der Waals surface area contributed by atoms with Crippen LogP contribution in [0.25, 0.3) is 55.6 Å². The van der Waals surface area contributed by atoms with Crippen molar-refractivity contribution in [2.75, 3.05) is 4.90 Å². The SMILES string of the molecule is CC1(C)CCC(C)(C)c2c(-c3cc4c(cc3N(c3ccc(-c5ccc(-c6ccccc6)cc5)cc3)c3ccc5c(c3)C(C)(C)c3ccccc3-5)C(c3ccccc3)(c3ccccc3)c3ccccc3-4)cccc21. The summed E-state index contributed by atoms with van der Waals surface area (Å²) in [4.78, 5) is 2.60. The lowest BCUT2D eigenvalue weighted by atomic mass is 9.61. The van der Waals surface area contributed by atoms with Crippen molar-refractivity contribution in [3.8, 4) is 55.6 Å². The largest absolute Gasteiger partial charge is 0.310 e. The molecule has 0 spiro atoms. The highest BCUT2D eigenvalue weighted by molar-refractivity contribution is 5.98. The Bertz CT molecular complexity index is 3690. The molecule has 73 heavy (non-hydrogen) atoms. The summed E-state index contributed by atoms with van der Waals surface area (Å²) in [6.07, 6.45) is 2.27. The Hall–Kier alpha value is -8.00. The fraction of sp³-hybridized carbons (Fsp3) is 0.167. The Labute approximate surface area is 432 Å². The van der Waals surface area contributed by atoms with Gasteiger partial charge in [0.05, 0.1) is 11.1 Å². The van der Waals surface area contributed by atoms with E-state index in [0.717, 1.165) is 24.2 Å². The van der Waals surface area contributed by atoms with E-state index in [1.165, 1.54) is 106 Å². The lowest BCUT2D eigenvalue weighted by molar-refractivity contribution is 0.333. The summed E-state index contributed by atoms with van der Waals surface area (Å²) < 4.78 is 0. The Morgan fingerprint density at radius 2 is 0.767 bits per heavy atom. The minimum atomic E-state index is -0.581. The van der Waals surface area contributed by atoms with Gasteiger partial charge in [0.25, 0.3) is 0 Å². The van der Waals surface area contributed by atoms with Crippen LogP contribution in [0.1, 0.15) is 98.9 Å². The van der Waals surface area contributed by atoms with E-state index in [0.29, 0.717) is 0 Å². The fourth-order valence-electron chi connectivity index (χ4n) is 13.4. The van der Waals surface area contributed by atoms with E-state index < -0.39 is 5.41 Å². The second-order valence-corrected chi connectivity index (χ2v) is 22.7. The molecule has 0 N–H and O–H groups in total. The molecule has 0 amide bonds. The molecule has 1 heteroatoms. The van der Waals surface area contributed by atoms with Gasteiger partial charge >= 0.3 is 0 Å². The molecule has 0 saturated heterocycles. The van der Waals surface area contributed by atoms with Crippen molar-refractivity contribution in [1.82, 2.24) is 0 Å². The van der Waals surface area contributed by atoms with Gasteiger partial charge in [-0.15, -0.1) is 0 Å². The van der Waals surface area contributed by atoms with Crippen molar-refractivity contribution < 1.29 is 0 Å². The van der Waals surface area contributed by atoms with Gasteiger partial charge in [-0.25, -0.2) is 0 Å². The lowest BCUT2D eigenvalue weighted by Gasteiger charge is -2.43. The number of nitrogens with zero attached hydrogens (tertiary/aromatic N) is 1. The highest BCUT2D eigenvalue weighted by atomic mass is 15.1. The first kappa shape index (κ1) is 44.9. The van der Waals surface area contributed by atoms with Gasteiger partial charge in [0.15, 0.2) is 0 Å². The van der Waals surface area contributed by atoms with Crippen LogP contribution in [-0.2, 0) is 21.7 Å². The summed E-state index contributed by atoms with van der Waals surface area (Å²) in [5.74, 6) is 0. The number of benzene rings is 10. The summed E-state index contributed by atoms with van der Waals surface area (Å²) in [5, 5.41) is 0. The molecule has 13 rings (SSSR count). The van der Waals surface area contributed by atoms with Crippen LogP contribution < -0.4 is 4.90 Å². The molecule has 10 aromatic rings. The zero-order valence-electron chi connectivity index (χ0n) is 42.9. The van der Waals surface area contributed by atoms with Gasteiger partial charge in [-0.2, -0.15) is 0 Å². The first-order valence-electron chi connectivity index (χ1n) is 26.3. The van der Waals surface area contributed by atoms with Crippen molar-refractivity contribution in [3.05, 3.63) is 281 Å². The molecule has 0 bridgehead atoms. The number of anilines is 3. The van der Waals surface area contributed by atoms with Gasteiger partial charge in [0.1, 0.15) is 0 Å². The third kappa shape index (κ3) is 6.96. The highest BCUT2D eigenvalue weighted by Gasteiger charge is 2.48. The molecule has 354 valence electrons. The van der Waals surface area contributed by atoms with Crippen LogP contribution in [0, 0.1) is 0 Å². The van der Waals surface area contributed by atoms with E-state index in [-0.39, 0.29) is 16.2 Å². The monoisotopic (exact) mass is 939 g/mol. The fourth-order valence-corrected chi connectivity index (χ4v) is 13.4. The second kappa shape index (κ2) is 16.8. The van der Waals surface area contributed by atoms with Crippen molar-refractivity contribution >= 4 is 17.1 Å². The lowest BCUT2D eigenvalue weighted by Crippen LogP contribution is -2.34. The molecule has 0 aliphatic heterocycles. The Kier molecular flexibility index (Phi) is 10.3. The molecule has 1 nitrogen and oxygen atoms in total.